The summed E-state index contributed by atoms with van der Waals surface area (Å²) >= 11 is 0. The number of benzene rings is 1. The molecule has 27 heavy (non-hydrogen) atoms. The van der Waals surface area contributed by atoms with Crippen molar-refractivity contribution in [3.63, 3.8) is 0 Å². The topological polar surface area (TPSA) is 89.2 Å². The molecule has 7 nitrogen and oxygen atoms in total. The second kappa shape index (κ2) is 7.90. The predicted molar refractivity (Wildman–Crippen MR) is 102 cm³/mol. The van der Waals surface area contributed by atoms with Crippen LogP contribution in [-0.4, -0.2) is 28.1 Å². The minimum atomic E-state index is -0.447. The molecule has 0 fully saturated rings. The number of aromatic nitrogens is 2. The smallest absolute Gasteiger partial charge is 0.287 e. The second-order valence-electron chi connectivity index (χ2n) is 6.55. The van der Waals surface area contributed by atoms with Crippen molar-refractivity contribution in [3.05, 3.63) is 60.0 Å². The molecule has 2 amide bonds. The van der Waals surface area contributed by atoms with E-state index < -0.39 is 5.91 Å². The molecule has 140 valence electrons. The van der Waals surface area contributed by atoms with Gasteiger partial charge in [0, 0.05) is 24.9 Å². The molecule has 2 aromatic heterocycles. The summed E-state index contributed by atoms with van der Waals surface area (Å²) in [6.45, 7) is 4.07. The van der Waals surface area contributed by atoms with Crippen LogP contribution in [0.4, 0.5) is 5.82 Å². The number of rotatable bonds is 6. The number of furan rings is 1. The first-order chi connectivity index (χ1) is 12.9. The van der Waals surface area contributed by atoms with Gasteiger partial charge in [0.2, 0.25) is 5.91 Å². The Labute approximate surface area is 157 Å². The van der Waals surface area contributed by atoms with Crippen molar-refractivity contribution < 1.29 is 14.0 Å². The lowest BCUT2D eigenvalue weighted by atomic mass is 10.0. The SMILES string of the molecule is CC(C)c1cccc(-c2ccc(C(=O)NCC(=O)Nc3ccn(C)n3)o2)c1. The predicted octanol–water partition coefficient (Wildman–Crippen LogP) is 3.17. The van der Waals surface area contributed by atoms with E-state index in [9.17, 15) is 9.59 Å². The summed E-state index contributed by atoms with van der Waals surface area (Å²) in [7, 11) is 1.75. The number of amides is 2. The molecule has 0 aliphatic rings. The molecule has 0 radical (unpaired) electrons. The average Bonchev–Trinajstić information content (AvgIpc) is 3.29. The van der Waals surface area contributed by atoms with Gasteiger partial charge in [-0.15, -0.1) is 0 Å². The molecule has 0 unspecified atom stereocenters. The molecule has 3 aromatic rings. The van der Waals surface area contributed by atoms with E-state index in [1.54, 1.807) is 36.1 Å². The Hall–Kier alpha value is -3.35. The lowest BCUT2D eigenvalue weighted by molar-refractivity contribution is -0.115. The zero-order valence-corrected chi connectivity index (χ0v) is 15.5. The number of carbonyl (C=O) groups is 2. The zero-order valence-electron chi connectivity index (χ0n) is 15.5. The van der Waals surface area contributed by atoms with Crippen molar-refractivity contribution in [1.82, 2.24) is 15.1 Å². The van der Waals surface area contributed by atoms with Gasteiger partial charge in [-0.05, 0) is 29.7 Å². The summed E-state index contributed by atoms with van der Waals surface area (Å²) < 4.78 is 7.24. The van der Waals surface area contributed by atoms with Crippen LogP contribution in [0.1, 0.15) is 35.9 Å². The third-order valence-corrected chi connectivity index (χ3v) is 4.06. The minimum absolute atomic E-state index is 0.158. The summed E-state index contributed by atoms with van der Waals surface area (Å²) in [6.07, 6.45) is 1.72. The molecule has 0 bridgehead atoms. The van der Waals surface area contributed by atoms with E-state index in [-0.39, 0.29) is 18.2 Å². The molecule has 3 rings (SSSR count). The van der Waals surface area contributed by atoms with Crippen molar-refractivity contribution in [2.24, 2.45) is 7.05 Å². The Morgan fingerprint density at radius 3 is 2.70 bits per heavy atom. The van der Waals surface area contributed by atoms with Crippen molar-refractivity contribution >= 4 is 17.6 Å². The number of anilines is 1. The van der Waals surface area contributed by atoms with Gasteiger partial charge < -0.3 is 15.1 Å². The highest BCUT2D eigenvalue weighted by Gasteiger charge is 2.14. The van der Waals surface area contributed by atoms with E-state index in [1.165, 1.54) is 5.56 Å². The monoisotopic (exact) mass is 366 g/mol. The summed E-state index contributed by atoms with van der Waals surface area (Å²) in [5.74, 6) is 0.796. The summed E-state index contributed by atoms with van der Waals surface area (Å²) in [5.41, 5.74) is 2.11. The van der Waals surface area contributed by atoms with Gasteiger partial charge in [-0.3, -0.25) is 14.3 Å². The van der Waals surface area contributed by atoms with Crippen LogP contribution in [0, 0.1) is 0 Å². The molecule has 2 heterocycles. The molecule has 0 atom stereocenters. The second-order valence-corrected chi connectivity index (χ2v) is 6.55. The molecule has 0 spiro atoms. The van der Waals surface area contributed by atoms with E-state index in [0.29, 0.717) is 17.5 Å². The highest BCUT2D eigenvalue weighted by atomic mass is 16.3. The van der Waals surface area contributed by atoms with Gasteiger partial charge >= 0.3 is 0 Å². The van der Waals surface area contributed by atoms with E-state index in [4.69, 9.17) is 4.42 Å². The molecule has 0 saturated carbocycles. The summed E-state index contributed by atoms with van der Waals surface area (Å²) in [4.78, 5) is 24.1. The van der Waals surface area contributed by atoms with E-state index in [1.807, 2.05) is 18.2 Å². The Morgan fingerprint density at radius 1 is 1.19 bits per heavy atom. The molecule has 7 heteroatoms. The fourth-order valence-electron chi connectivity index (χ4n) is 2.58. The van der Waals surface area contributed by atoms with Gasteiger partial charge in [0.25, 0.3) is 5.91 Å². The normalized spacial score (nSPS) is 10.8. The number of aryl methyl sites for hydroxylation is 1. The number of nitrogens with one attached hydrogen (secondary N) is 2. The van der Waals surface area contributed by atoms with Crippen molar-refractivity contribution in [2.75, 3.05) is 11.9 Å². The fourth-order valence-corrected chi connectivity index (χ4v) is 2.58. The van der Waals surface area contributed by atoms with Gasteiger partial charge in [0.15, 0.2) is 11.6 Å². The number of hydrogen-bond acceptors (Lipinski definition) is 4. The van der Waals surface area contributed by atoms with Crippen LogP contribution in [0.5, 0.6) is 0 Å². The average molecular weight is 366 g/mol. The van der Waals surface area contributed by atoms with E-state index in [0.717, 1.165) is 5.56 Å². The number of hydrogen-bond donors (Lipinski definition) is 2. The summed E-state index contributed by atoms with van der Waals surface area (Å²) in [5, 5.41) is 9.19. The highest BCUT2D eigenvalue weighted by molar-refractivity contribution is 5.97. The standard InChI is InChI=1S/C20H22N4O3/c1-13(2)14-5-4-6-15(11-14)16-7-8-17(27-16)20(26)21-12-19(25)22-18-9-10-24(3)23-18/h4-11,13H,12H2,1-3H3,(H,21,26)(H,22,23,25). The Bertz CT molecular complexity index is 956. The van der Waals surface area contributed by atoms with Crippen LogP contribution in [0.25, 0.3) is 11.3 Å². The molecule has 0 aliphatic carbocycles. The molecular formula is C20H22N4O3. The van der Waals surface area contributed by atoms with E-state index in [2.05, 4.69) is 35.6 Å². The van der Waals surface area contributed by atoms with Gasteiger partial charge in [-0.1, -0.05) is 32.0 Å². The largest absolute Gasteiger partial charge is 0.451 e. The van der Waals surface area contributed by atoms with Crippen LogP contribution < -0.4 is 10.6 Å². The molecule has 2 N–H and O–H groups in total. The maximum absolute atomic E-state index is 12.2. The molecule has 1 aromatic carbocycles. The third kappa shape index (κ3) is 4.63. The number of nitrogens with zero attached hydrogens (tertiary/aromatic N) is 2. The van der Waals surface area contributed by atoms with Crippen LogP contribution in [0.15, 0.2) is 53.1 Å². The Balaban J connectivity index is 1.60. The van der Waals surface area contributed by atoms with Crippen LogP contribution in [0.2, 0.25) is 0 Å². The van der Waals surface area contributed by atoms with Crippen molar-refractivity contribution in [1.29, 1.82) is 0 Å². The lowest BCUT2D eigenvalue weighted by Crippen LogP contribution is -2.32. The Kier molecular flexibility index (Phi) is 5.40. The molecule has 0 aliphatic heterocycles. The lowest BCUT2D eigenvalue weighted by Gasteiger charge is -2.06. The molecular weight excluding hydrogens is 344 g/mol. The maximum atomic E-state index is 12.2. The first kappa shape index (κ1) is 18.4. The number of carbonyl (C=O) groups excluding carboxylic acids is 2. The van der Waals surface area contributed by atoms with E-state index >= 15 is 0 Å². The maximum Gasteiger partial charge on any atom is 0.287 e. The van der Waals surface area contributed by atoms with Gasteiger partial charge in [-0.2, -0.15) is 5.10 Å². The first-order valence-corrected chi connectivity index (χ1v) is 8.70. The quantitative estimate of drug-likeness (QED) is 0.701. The van der Waals surface area contributed by atoms with Gasteiger partial charge in [-0.25, -0.2) is 0 Å². The van der Waals surface area contributed by atoms with Gasteiger partial charge in [0.05, 0.1) is 6.54 Å². The summed E-state index contributed by atoms with van der Waals surface area (Å²) in [6, 6.07) is 13.0. The van der Waals surface area contributed by atoms with Crippen LogP contribution in [0.3, 0.4) is 0 Å². The molecule has 0 saturated heterocycles. The third-order valence-electron chi connectivity index (χ3n) is 4.06. The van der Waals surface area contributed by atoms with Crippen molar-refractivity contribution in [3.8, 4) is 11.3 Å². The minimum Gasteiger partial charge on any atom is -0.451 e. The van der Waals surface area contributed by atoms with Gasteiger partial charge in [0.1, 0.15) is 5.76 Å². The van der Waals surface area contributed by atoms with Crippen LogP contribution >= 0.6 is 0 Å². The first-order valence-electron chi connectivity index (χ1n) is 8.70. The fraction of sp³-hybridized carbons (Fsp3) is 0.250. The van der Waals surface area contributed by atoms with Crippen molar-refractivity contribution in [2.45, 2.75) is 19.8 Å². The highest BCUT2D eigenvalue weighted by Crippen LogP contribution is 2.25. The Morgan fingerprint density at radius 2 is 2.00 bits per heavy atom. The zero-order chi connectivity index (χ0) is 19.4. The van der Waals surface area contributed by atoms with Crippen LogP contribution in [-0.2, 0) is 11.8 Å².